The van der Waals surface area contributed by atoms with Gasteiger partial charge in [-0.3, -0.25) is 0 Å². The number of hydrogen-bond donors (Lipinski definition) is 0. The second-order valence-electron chi connectivity index (χ2n) is 5.75. The van der Waals surface area contributed by atoms with E-state index in [0.717, 1.165) is 38.0 Å². The number of halogens is 1. The Labute approximate surface area is 133 Å². The van der Waals surface area contributed by atoms with Gasteiger partial charge in [-0.25, -0.2) is 12.8 Å². The fourth-order valence-corrected chi connectivity index (χ4v) is 4.31. The van der Waals surface area contributed by atoms with Gasteiger partial charge < -0.3 is 4.90 Å². The molecule has 1 aromatic rings. The van der Waals surface area contributed by atoms with Crippen LogP contribution in [0.2, 0.25) is 0 Å². The summed E-state index contributed by atoms with van der Waals surface area (Å²) in [6, 6.07) is 6.88. The highest BCUT2D eigenvalue weighted by atomic mass is 32.2. The van der Waals surface area contributed by atoms with Crippen molar-refractivity contribution in [3.63, 3.8) is 0 Å². The van der Waals surface area contributed by atoms with Crippen molar-refractivity contribution >= 4 is 10.0 Å². The molecule has 0 atom stereocenters. The van der Waals surface area contributed by atoms with Crippen molar-refractivity contribution in [3.8, 4) is 0 Å². The molecular weight excluding hydrogens is 303 g/mol. The molecule has 1 heterocycles. The average molecular weight is 328 g/mol. The molecule has 0 bridgehead atoms. The van der Waals surface area contributed by atoms with E-state index in [1.54, 1.807) is 10.4 Å². The number of piperazine rings is 1. The lowest BCUT2D eigenvalue weighted by Gasteiger charge is -2.33. The molecule has 1 aliphatic rings. The number of benzene rings is 1. The minimum Gasteiger partial charge on any atom is -0.301 e. The predicted octanol–water partition coefficient (Wildman–Crippen LogP) is 2.12. The summed E-state index contributed by atoms with van der Waals surface area (Å²) in [6.07, 6.45) is 2.27. The standard InChI is InChI=1S/C16H25FN2O2S/c1-2-14-22(20,21)19-12-10-18(11-13-19)9-5-7-15-6-3-4-8-16(15)17/h3-4,6,8H,2,5,7,9-14H2,1H3. The Kier molecular flexibility index (Phi) is 6.35. The molecule has 6 heteroatoms. The van der Waals surface area contributed by atoms with Gasteiger partial charge in [0.2, 0.25) is 10.0 Å². The highest BCUT2D eigenvalue weighted by Crippen LogP contribution is 2.12. The monoisotopic (exact) mass is 328 g/mol. The molecule has 0 aliphatic carbocycles. The first kappa shape index (κ1) is 17.4. The molecule has 0 N–H and O–H groups in total. The van der Waals surface area contributed by atoms with Gasteiger partial charge >= 0.3 is 0 Å². The molecule has 0 radical (unpaired) electrons. The maximum atomic E-state index is 13.5. The van der Waals surface area contributed by atoms with Crippen molar-refractivity contribution in [2.24, 2.45) is 0 Å². The van der Waals surface area contributed by atoms with E-state index in [1.165, 1.54) is 6.07 Å². The normalized spacial score (nSPS) is 17.7. The molecule has 0 spiro atoms. The van der Waals surface area contributed by atoms with Gasteiger partial charge in [0.25, 0.3) is 0 Å². The molecular formula is C16H25FN2O2S. The van der Waals surface area contributed by atoms with Gasteiger partial charge in [-0.1, -0.05) is 25.1 Å². The van der Waals surface area contributed by atoms with Crippen LogP contribution in [0.1, 0.15) is 25.3 Å². The van der Waals surface area contributed by atoms with Crippen LogP contribution < -0.4 is 0 Å². The molecule has 1 fully saturated rings. The van der Waals surface area contributed by atoms with Crippen LogP contribution in [-0.4, -0.2) is 56.1 Å². The van der Waals surface area contributed by atoms with Gasteiger partial charge in [0, 0.05) is 26.2 Å². The van der Waals surface area contributed by atoms with Crippen LogP contribution in [0.5, 0.6) is 0 Å². The molecule has 2 rings (SSSR count). The molecule has 124 valence electrons. The quantitative estimate of drug-likeness (QED) is 0.770. The van der Waals surface area contributed by atoms with Gasteiger partial charge in [0.1, 0.15) is 5.82 Å². The third kappa shape index (κ3) is 4.76. The van der Waals surface area contributed by atoms with Crippen LogP contribution in [0.4, 0.5) is 4.39 Å². The lowest BCUT2D eigenvalue weighted by molar-refractivity contribution is 0.186. The molecule has 1 aliphatic heterocycles. The summed E-state index contributed by atoms with van der Waals surface area (Å²) in [5.41, 5.74) is 0.756. The van der Waals surface area contributed by atoms with Gasteiger partial charge in [-0.15, -0.1) is 0 Å². The maximum Gasteiger partial charge on any atom is 0.214 e. The molecule has 1 saturated heterocycles. The Hall–Kier alpha value is -0.980. The van der Waals surface area contributed by atoms with Gasteiger partial charge in [-0.2, -0.15) is 4.31 Å². The van der Waals surface area contributed by atoms with Crippen LogP contribution in [0.3, 0.4) is 0 Å². The summed E-state index contributed by atoms with van der Waals surface area (Å²) >= 11 is 0. The van der Waals surface area contributed by atoms with Crippen molar-refractivity contribution in [3.05, 3.63) is 35.6 Å². The number of aryl methyl sites for hydroxylation is 1. The Bertz CT molecular complexity index is 569. The predicted molar refractivity (Wildman–Crippen MR) is 86.8 cm³/mol. The van der Waals surface area contributed by atoms with Crippen molar-refractivity contribution < 1.29 is 12.8 Å². The van der Waals surface area contributed by atoms with Gasteiger partial charge in [-0.05, 0) is 37.4 Å². The highest BCUT2D eigenvalue weighted by Gasteiger charge is 2.25. The Balaban J connectivity index is 1.73. The molecule has 0 unspecified atom stereocenters. The first-order valence-corrected chi connectivity index (χ1v) is 9.57. The summed E-state index contributed by atoms with van der Waals surface area (Å²) in [5, 5.41) is 0. The zero-order valence-corrected chi connectivity index (χ0v) is 14.0. The minimum absolute atomic E-state index is 0.141. The second kappa shape index (κ2) is 8.04. The second-order valence-corrected chi connectivity index (χ2v) is 7.84. The summed E-state index contributed by atoms with van der Waals surface area (Å²) in [5.74, 6) is 0.0956. The summed E-state index contributed by atoms with van der Waals surface area (Å²) in [7, 11) is -3.07. The Morgan fingerprint density at radius 1 is 1.14 bits per heavy atom. The minimum atomic E-state index is -3.07. The van der Waals surface area contributed by atoms with E-state index in [9.17, 15) is 12.8 Å². The average Bonchev–Trinajstić information content (AvgIpc) is 2.50. The van der Waals surface area contributed by atoms with E-state index >= 15 is 0 Å². The number of nitrogens with zero attached hydrogens (tertiary/aromatic N) is 2. The molecule has 0 aromatic heterocycles. The lowest BCUT2D eigenvalue weighted by Crippen LogP contribution is -2.49. The van der Waals surface area contributed by atoms with E-state index in [0.29, 0.717) is 19.5 Å². The Morgan fingerprint density at radius 3 is 2.45 bits per heavy atom. The van der Waals surface area contributed by atoms with Crippen LogP contribution in [-0.2, 0) is 16.4 Å². The van der Waals surface area contributed by atoms with Crippen molar-refractivity contribution in [1.29, 1.82) is 0 Å². The first-order chi connectivity index (χ1) is 10.5. The van der Waals surface area contributed by atoms with E-state index in [4.69, 9.17) is 0 Å². The Morgan fingerprint density at radius 2 is 1.82 bits per heavy atom. The van der Waals surface area contributed by atoms with Gasteiger partial charge in [0.15, 0.2) is 0 Å². The van der Waals surface area contributed by atoms with Crippen LogP contribution >= 0.6 is 0 Å². The highest BCUT2D eigenvalue weighted by molar-refractivity contribution is 7.89. The summed E-state index contributed by atoms with van der Waals surface area (Å²) < 4.78 is 39.1. The largest absolute Gasteiger partial charge is 0.301 e. The number of rotatable bonds is 7. The fourth-order valence-electron chi connectivity index (χ4n) is 2.81. The topological polar surface area (TPSA) is 40.6 Å². The smallest absolute Gasteiger partial charge is 0.214 e. The van der Waals surface area contributed by atoms with Crippen molar-refractivity contribution in [2.75, 3.05) is 38.5 Å². The van der Waals surface area contributed by atoms with Crippen LogP contribution in [0.25, 0.3) is 0 Å². The van der Waals surface area contributed by atoms with E-state index in [-0.39, 0.29) is 11.6 Å². The third-order valence-corrected chi connectivity index (χ3v) is 6.14. The third-order valence-electron chi connectivity index (χ3n) is 4.07. The van der Waals surface area contributed by atoms with Gasteiger partial charge in [0.05, 0.1) is 5.75 Å². The zero-order valence-electron chi connectivity index (χ0n) is 13.2. The zero-order chi connectivity index (χ0) is 16.0. The van der Waals surface area contributed by atoms with E-state index in [1.807, 2.05) is 19.1 Å². The number of hydrogen-bond acceptors (Lipinski definition) is 3. The van der Waals surface area contributed by atoms with E-state index in [2.05, 4.69) is 4.90 Å². The summed E-state index contributed by atoms with van der Waals surface area (Å²) in [4.78, 5) is 2.26. The molecule has 0 amide bonds. The molecule has 22 heavy (non-hydrogen) atoms. The number of sulfonamides is 1. The lowest BCUT2D eigenvalue weighted by atomic mass is 10.1. The van der Waals surface area contributed by atoms with Crippen LogP contribution in [0.15, 0.2) is 24.3 Å². The van der Waals surface area contributed by atoms with Crippen molar-refractivity contribution in [2.45, 2.75) is 26.2 Å². The molecule has 1 aromatic carbocycles. The fraction of sp³-hybridized carbons (Fsp3) is 0.625. The first-order valence-electron chi connectivity index (χ1n) is 7.96. The van der Waals surface area contributed by atoms with Crippen molar-refractivity contribution in [1.82, 2.24) is 9.21 Å². The molecule has 0 saturated carbocycles. The summed E-state index contributed by atoms with van der Waals surface area (Å²) in [6.45, 7) is 5.44. The van der Waals surface area contributed by atoms with E-state index < -0.39 is 10.0 Å². The maximum absolute atomic E-state index is 13.5. The van der Waals surface area contributed by atoms with Crippen LogP contribution in [0, 0.1) is 5.82 Å². The SMILES string of the molecule is CCCS(=O)(=O)N1CCN(CCCc2ccccc2F)CC1. The molecule has 4 nitrogen and oxygen atoms in total.